The van der Waals surface area contributed by atoms with Crippen LogP contribution in [0.3, 0.4) is 0 Å². The Kier molecular flexibility index (Phi) is 5.67. The molecule has 1 fully saturated rings. The van der Waals surface area contributed by atoms with Gasteiger partial charge in [0.25, 0.3) is 0 Å². The van der Waals surface area contributed by atoms with Gasteiger partial charge < -0.3 is 24.8 Å². The Morgan fingerprint density at radius 3 is 2.45 bits per heavy atom. The summed E-state index contributed by atoms with van der Waals surface area (Å²) < 4.78 is 17.0. The molecule has 1 aliphatic heterocycles. The lowest BCUT2D eigenvalue weighted by atomic mass is 10.1. The second-order valence-corrected chi connectivity index (χ2v) is 7.12. The Labute approximate surface area is 170 Å². The van der Waals surface area contributed by atoms with Crippen LogP contribution in [0.2, 0.25) is 0 Å². The van der Waals surface area contributed by atoms with Crippen molar-refractivity contribution in [1.29, 1.82) is 0 Å². The lowest BCUT2D eigenvalue weighted by molar-refractivity contribution is 0.161. The smallest absolute Gasteiger partial charge is 0.162 e. The molecular weight excluding hydrogens is 368 g/mol. The SMILES string of the molecule is COc1cc2ncnc(Nc3ccc(OC4CCNCC4)c(C)c3)c2cc1OC. The van der Waals surface area contributed by atoms with Gasteiger partial charge in [-0.25, -0.2) is 9.97 Å². The van der Waals surface area contributed by atoms with E-state index in [4.69, 9.17) is 14.2 Å². The van der Waals surface area contributed by atoms with E-state index in [2.05, 4.69) is 33.6 Å². The second kappa shape index (κ2) is 8.53. The first-order chi connectivity index (χ1) is 14.2. The minimum absolute atomic E-state index is 0.280. The Morgan fingerprint density at radius 1 is 0.966 bits per heavy atom. The van der Waals surface area contributed by atoms with Gasteiger partial charge in [-0.05, 0) is 62.7 Å². The van der Waals surface area contributed by atoms with E-state index >= 15 is 0 Å². The van der Waals surface area contributed by atoms with Crippen molar-refractivity contribution in [3.63, 3.8) is 0 Å². The van der Waals surface area contributed by atoms with Crippen LogP contribution in [0.5, 0.6) is 17.2 Å². The van der Waals surface area contributed by atoms with Crippen LogP contribution in [0, 0.1) is 6.92 Å². The number of methoxy groups -OCH3 is 2. The van der Waals surface area contributed by atoms with E-state index in [9.17, 15) is 0 Å². The van der Waals surface area contributed by atoms with E-state index in [-0.39, 0.29) is 6.10 Å². The quantitative estimate of drug-likeness (QED) is 0.658. The molecule has 0 bridgehead atoms. The molecule has 3 aromatic rings. The van der Waals surface area contributed by atoms with Gasteiger partial charge in [0.1, 0.15) is 24.0 Å². The summed E-state index contributed by atoms with van der Waals surface area (Å²) in [5.41, 5.74) is 2.81. The molecule has 0 atom stereocenters. The predicted molar refractivity (Wildman–Crippen MR) is 114 cm³/mol. The number of nitrogens with one attached hydrogen (secondary N) is 2. The summed E-state index contributed by atoms with van der Waals surface area (Å²) in [5.74, 6) is 2.92. The maximum atomic E-state index is 6.19. The highest BCUT2D eigenvalue weighted by atomic mass is 16.5. The summed E-state index contributed by atoms with van der Waals surface area (Å²) in [4.78, 5) is 8.77. The van der Waals surface area contributed by atoms with E-state index in [0.717, 1.165) is 53.8 Å². The molecule has 2 N–H and O–H groups in total. The fraction of sp³-hybridized carbons (Fsp3) is 0.364. The summed E-state index contributed by atoms with van der Waals surface area (Å²) in [6, 6.07) is 9.84. The van der Waals surface area contributed by atoms with Crippen molar-refractivity contribution >= 4 is 22.4 Å². The van der Waals surface area contributed by atoms with Crippen LogP contribution >= 0.6 is 0 Å². The number of ether oxygens (including phenoxy) is 3. The third-order valence-electron chi connectivity index (χ3n) is 5.16. The minimum Gasteiger partial charge on any atom is -0.493 e. The van der Waals surface area contributed by atoms with Gasteiger partial charge in [-0.3, -0.25) is 0 Å². The number of hydrogen-bond acceptors (Lipinski definition) is 7. The molecule has 1 aromatic heterocycles. The molecule has 0 unspecified atom stereocenters. The summed E-state index contributed by atoms with van der Waals surface area (Å²) in [6.45, 7) is 4.09. The Balaban J connectivity index is 1.58. The lowest BCUT2D eigenvalue weighted by Gasteiger charge is -2.24. The average molecular weight is 394 g/mol. The zero-order valence-corrected chi connectivity index (χ0v) is 17.0. The number of aryl methyl sites for hydroxylation is 1. The molecule has 4 rings (SSSR count). The molecule has 0 saturated carbocycles. The molecule has 7 nitrogen and oxygen atoms in total. The number of fused-ring (bicyclic) bond motifs is 1. The van der Waals surface area contributed by atoms with E-state index in [1.54, 1.807) is 14.2 Å². The molecular formula is C22H26N4O3. The normalized spacial score (nSPS) is 14.6. The van der Waals surface area contributed by atoms with Crippen LogP contribution in [0.15, 0.2) is 36.7 Å². The van der Waals surface area contributed by atoms with Gasteiger partial charge in [-0.1, -0.05) is 0 Å². The average Bonchev–Trinajstić information content (AvgIpc) is 2.75. The summed E-state index contributed by atoms with van der Waals surface area (Å²) >= 11 is 0. The number of anilines is 2. The fourth-order valence-corrected chi connectivity index (χ4v) is 3.57. The highest BCUT2D eigenvalue weighted by Gasteiger charge is 2.16. The Hall–Kier alpha value is -3.06. The van der Waals surface area contributed by atoms with Gasteiger partial charge in [0, 0.05) is 17.1 Å². The second-order valence-electron chi connectivity index (χ2n) is 7.12. The van der Waals surface area contributed by atoms with Crippen LogP contribution in [-0.2, 0) is 0 Å². The van der Waals surface area contributed by atoms with Gasteiger partial charge in [0.05, 0.1) is 19.7 Å². The van der Waals surface area contributed by atoms with Gasteiger partial charge in [0.2, 0.25) is 0 Å². The van der Waals surface area contributed by atoms with Crippen molar-refractivity contribution in [2.45, 2.75) is 25.9 Å². The van der Waals surface area contributed by atoms with Crippen LogP contribution in [0.1, 0.15) is 18.4 Å². The van der Waals surface area contributed by atoms with Crippen molar-refractivity contribution in [3.05, 3.63) is 42.2 Å². The van der Waals surface area contributed by atoms with Gasteiger partial charge >= 0.3 is 0 Å². The van der Waals surface area contributed by atoms with Gasteiger partial charge in [-0.15, -0.1) is 0 Å². The zero-order chi connectivity index (χ0) is 20.2. The molecule has 29 heavy (non-hydrogen) atoms. The highest BCUT2D eigenvalue weighted by Crippen LogP contribution is 2.35. The Morgan fingerprint density at radius 2 is 1.72 bits per heavy atom. The standard InChI is InChI=1S/C22H26N4O3/c1-14-10-15(4-5-19(14)29-16-6-8-23-9-7-16)26-22-17-11-20(27-2)21(28-3)12-18(17)24-13-25-22/h4-5,10-13,16,23H,6-9H2,1-3H3,(H,24,25,26). The minimum atomic E-state index is 0.280. The third-order valence-corrected chi connectivity index (χ3v) is 5.16. The topological polar surface area (TPSA) is 77.5 Å². The molecule has 0 spiro atoms. The van der Waals surface area contributed by atoms with Crippen molar-refractivity contribution in [2.24, 2.45) is 0 Å². The van der Waals surface area contributed by atoms with Crippen molar-refractivity contribution < 1.29 is 14.2 Å². The highest BCUT2D eigenvalue weighted by molar-refractivity contribution is 5.93. The monoisotopic (exact) mass is 394 g/mol. The molecule has 0 aliphatic carbocycles. The molecule has 2 heterocycles. The summed E-state index contributed by atoms with van der Waals surface area (Å²) in [5, 5.41) is 7.62. The van der Waals surface area contributed by atoms with E-state index in [0.29, 0.717) is 17.3 Å². The predicted octanol–water partition coefficient (Wildman–Crippen LogP) is 3.83. The Bertz CT molecular complexity index is 1000. The maximum absolute atomic E-state index is 6.19. The first-order valence-electron chi connectivity index (χ1n) is 9.79. The van der Waals surface area contributed by atoms with Crippen molar-refractivity contribution in [2.75, 3.05) is 32.6 Å². The number of benzene rings is 2. The fourth-order valence-electron chi connectivity index (χ4n) is 3.57. The number of rotatable bonds is 6. The molecule has 2 aromatic carbocycles. The number of hydrogen-bond donors (Lipinski definition) is 2. The first-order valence-corrected chi connectivity index (χ1v) is 9.79. The van der Waals surface area contributed by atoms with E-state index in [1.165, 1.54) is 6.33 Å². The van der Waals surface area contributed by atoms with Crippen LogP contribution in [0.4, 0.5) is 11.5 Å². The molecule has 152 valence electrons. The van der Waals surface area contributed by atoms with Crippen molar-refractivity contribution in [3.8, 4) is 17.2 Å². The third kappa shape index (κ3) is 4.19. The first kappa shape index (κ1) is 19.3. The number of aromatic nitrogens is 2. The van der Waals surface area contributed by atoms with Gasteiger partial charge in [0.15, 0.2) is 11.5 Å². The number of nitrogens with zero attached hydrogens (tertiary/aromatic N) is 2. The van der Waals surface area contributed by atoms with Crippen molar-refractivity contribution in [1.82, 2.24) is 15.3 Å². The molecule has 1 saturated heterocycles. The summed E-state index contributed by atoms with van der Waals surface area (Å²) in [7, 11) is 3.23. The molecule has 1 aliphatic rings. The van der Waals surface area contributed by atoms with E-state index in [1.807, 2.05) is 24.3 Å². The van der Waals surface area contributed by atoms with Crippen LogP contribution < -0.4 is 24.8 Å². The maximum Gasteiger partial charge on any atom is 0.162 e. The van der Waals surface area contributed by atoms with Crippen LogP contribution in [0.25, 0.3) is 10.9 Å². The van der Waals surface area contributed by atoms with Gasteiger partial charge in [-0.2, -0.15) is 0 Å². The lowest BCUT2D eigenvalue weighted by Crippen LogP contribution is -2.34. The zero-order valence-electron chi connectivity index (χ0n) is 17.0. The molecule has 0 radical (unpaired) electrons. The van der Waals surface area contributed by atoms with Crippen LogP contribution in [-0.4, -0.2) is 43.4 Å². The number of piperidine rings is 1. The largest absolute Gasteiger partial charge is 0.493 e. The summed E-state index contributed by atoms with van der Waals surface area (Å²) in [6.07, 6.45) is 3.90. The molecule has 7 heteroatoms. The van der Waals surface area contributed by atoms with E-state index < -0.39 is 0 Å². The molecule has 0 amide bonds.